The van der Waals surface area contributed by atoms with Crippen molar-refractivity contribution >= 4 is 0 Å². The lowest BCUT2D eigenvalue weighted by Gasteiger charge is -2.02. The van der Waals surface area contributed by atoms with Crippen molar-refractivity contribution in [1.29, 1.82) is 0 Å². The fourth-order valence-electron chi connectivity index (χ4n) is 2.47. The molecule has 0 aliphatic carbocycles. The number of hydrogen-bond acceptors (Lipinski definition) is 4. The van der Waals surface area contributed by atoms with E-state index in [-0.39, 0.29) is 5.63 Å². The van der Waals surface area contributed by atoms with E-state index in [0.717, 1.165) is 24.4 Å². The van der Waals surface area contributed by atoms with Crippen molar-refractivity contribution < 1.29 is 13.9 Å². The Labute approximate surface area is 139 Å². The molecule has 24 heavy (non-hydrogen) atoms. The van der Waals surface area contributed by atoms with Gasteiger partial charge in [0.15, 0.2) is 0 Å². The smallest absolute Gasteiger partial charge is 0.431 e. The molecule has 3 rings (SSSR count). The molecule has 0 aliphatic rings. The minimum Gasteiger partial charge on any atom is -0.497 e. The van der Waals surface area contributed by atoms with Crippen LogP contribution in [0.4, 0.5) is 0 Å². The summed E-state index contributed by atoms with van der Waals surface area (Å²) >= 11 is 0. The van der Waals surface area contributed by atoms with Gasteiger partial charge in [-0.2, -0.15) is 0 Å². The lowest BCUT2D eigenvalue weighted by Crippen LogP contribution is -2.41. The van der Waals surface area contributed by atoms with Gasteiger partial charge in [0.2, 0.25) is 5.69 Å². The molecule has 0 bridgehead atoms. The second kappa shape index (κ2) is 7.61. The summed E-state index contributed by atoms with van der Waals surface area (Å²) in [5.74, 6) is 0.757. The molecule has 0 radical (unpaired) electrons. The molecule has 2 N–H and O–H groups in total. The van der Waals surface area contributed by atoms with Crippen LogP contribution in [-0.4, -0.2) is 18.9 Å². The van der Waals surface area contributed by atoms with Crippen LogP contribution < -0.4 is 20.4 Å². The van der Waals surface area contributed by atoms with Gasteiger partial charge in [0.05, 0.1) is 13.7 Å². The van der Waals surface area contributed by atoms with Gasteiger partial charge < -0.3 is 10.1 Å². The molecule has 0 spiro atoms. The van der Waals surface area contributed by atoms with E-state index in [1.165, 1.54) is 5.56 Å². The maximum absolute atomic E-state index is 11.9. The highest BCUT2D eigenvalue weighted by Gasteiger charge is 2.22. The van der Waals surface area contributed by atoms with E-state index < -0.39 is 0 Å². The summed E-state index contributed by atoms with van der Waals surface area (Å²) in [6.45, 7) is 1.20. The van der Waals surface area contributed by atoms with Crippen LogP contribution in [0.2, 0.25) is 0 Å². The molecule has 1 aromatic heterocycles. The van der Waals surface area contributed by atoms with Crippen molar-refractivity contribution in [3.05, 3.63) is 76.3 Å². The van der Waals surface area contributed by atoms with Gasteiger partial charge >= 0.3 is 11.3 Å². The molecule has 0 amide bonds. The number of aromatic amines is 1. The van der Waals surface area contributed by atoms with Crippen molar-refractivity contribution in [1.82, 2.24) is 10.6 Å². The van der Waals surface area contributed by atoms with Gasteiger partial charge in [-0.25, -0.2) is 4.79 Å². The zero-order chi connectivity index (χ0) is 16.8. The van der Waals surface area contributed by atoms with Crippen molar-refractivity contribution in [2.45, 2.75) is 13.0 Å². The minimum absolute atomic E-state index is 0.377. The molecule has 0 fully saturated rings. The maximum Gasteiger partial charge on any atom is 0.431 e. The average Bonchev–Trinajstić information content (AvgIpc) is 3.00. The highest BCUT2D eigenvalue weighted by atomic mass is 16.5. The van der Waals surface area contributed by atoms with E-state index in [1.807, 2.05) is 42.5 Å². The van der Waals surface area contributed by atoms with Crippen molar-refractivity contribution in [3.8, 4) is 11.4 Å². The molecule has 6 heteroatoms. The lowest BCUT2D eigenvalue weighted by atomic mass is 10.1. The highest BCUT2D eigenvalue weighted by Crippen LogP contribution is 2.10. The molecule has 0 saturated carbocycles. The third kappa shape index (κ3) is 3.72. The first kappa shape index (κ1) is 16.0. The van der Waals surface area contributed by atoms with Gasteiger partial charge in [-0.05, 0) is 40.6 Å². The van der Waals surface area contributed by atoms with Gasteiger partial charge in [-0.3, -0.25) is 4.52 Å². The molecular formula is C18H20N3O3+. The number of methoxy groups -OCH3 is 1. The summed E-state index contributed by atoms with van der Waals surface area (Å²) in [7, 11) is 1.62. The van der Waals surface area contributed by atoms with Crippen LogP contribution in [0.1, 0.15) is 11.3 Å². The van der Waals surface area contributed by atoms with E-state index in [9.17, 15) is 4.79 Å². The molecule has 0 saturated heterocycles. The Morgan fingerprint density at radius 2 is 1.88 bits per heavy atom. The first-order valence-corrected chi connectivity index (χ1v) is 7.79. The fourth-order valence-corrected chi connectivity index (χ4v) is 2.47. The van der Waals surface area contributed by atoms with Crippen LogP contribution in [0, 0.1) is 0 Å². The van der Waals surface area contributed by atoms with E-state index in [4.69, 9.17) is 9.26 Å². The molecule has 2 aromatic carbocycles. The van der Waals surface area contributed by atoms with Crippen LogP contribution in [0.15, 0.2) is 63.9 Å². The summed E-state index contributed by atoms with van der Waals surface area (Å²) in [6.07, 6.45) is 0.902. The maximum atomic E-state index is 11.9. The second-order valence-electron chi connectivity index (χ2n) is 5.37. The van der Waals surface area contributed by atoms with E-state index in [2.05, 4.69) is 22.7 Å². The first-order chi connectivity index (χ1) is 11.8. The van der Waals surface area contributed by atoms with E-state index in [1.54, 1.807) is 11.8 Å². The number of ether oxygens (including phenoxy) is 1. The van der Waals surface area contributed by atoms with Gasteiger partial charge in [-0.15, -0.1) is 0 Å². The minimum atomic E-state index is -0.377. The van der Waals surface area contributed by atoms with Gasteiger partial charge in [0, 0.05) is 12.1 Å². The number of hydrogen-bond donors (Lipinski definition) is 2. The monoisotopic (exact) mass is 326 g/mol. The number of aromatic nitrogens is 2. The highest BCUT2D eigenvalue weighted by molar-refractivity contribution is 5.31. The molecule has 6 nitrogen and oxygen atoms in total. The Morgan fingerprint density at radius 3 is 2.58 bits per heavy atom. The summed E-state index contributed by atoms with van der Waals surface area (Å²) < 4.78 is 11.7. The Balaban J connectivity index is 1.65. The molecular weight excluding hydrogens is 306 g/mol. The number of benzene rings is 2. The van der Waals surface area contributed by atoms with Crippen LogP contribution in [0.3, 0.4) is 0 Å². The lowest BCUT2D eigenvalue weighted by molar-refractivity contribution is -0.677. The standard InChI is InChI=1S/C18H19N3O3/c1-23-16-9-7-15(8-10-16)21-17(18(22)24-20-21)13-19-12-11-14-5-3-2-4-6-14/h2-10,19H,11-13H2,1H3/p+1. The Hall–Kier alpha value is -2.86. The Kier molecular flexibility index (Phi) is 5.08. The zero-order valence-electron chi connectivity index (χ0n) is 13.5. The Morgan fingerprint density at radius 1 is 1.12 bits per heavy atom. The van der Waals surface area contributed by atoms with Crippen LogP contribution in [0.5, 0.6) is 5.75 Å². The first-order valence-electron chi connectivity index (χ1n) is 7.79. The third-order valence-electron chi connectivity index (χ3n) is 3.79. The Bertz CT molecular complexity index is 823. The van der Waals surface area contributed by atoms with Crippen LogP contribution in [0.25, 0.3) is 5.69 Å². The molecule has 0 atom stereocenters. The van der Waals surface area contributed by atoms with Crippen LogP contribution in [-0.2, 0) is 13.0 Å². The summed E-state index contributed by atoms with van der Waals surface area (Å²) in [6, 6.07) is 17.6. The van der Waals surface area contributed by atoms with Crippen molar-refractivity contribution in [2.75, 3.05) is 13.7 Å². The number of rotatable bonds is 7. The van der Waals surface area contributed by atoms with Gasteiger partial charge in [0.1, 0.15) is 5.75 Å². The van der Waals surface area contributed by atoms with Crippen molar-refractivity contribution in [2.24, 2.45) is 0 Å². The van der Waals surface area contributed by atoms with E-state index in [0.29, 0.717) is 12.2 Å². The summed E-state index contributed by atoms with van der Waals surface area (Å²) in [4.78, 5) is 11.9. The third-order valence-corrected chi connectivity index (χ3v) is 3.79. The number of nitrogens with one attached hydrogen (secondary N) is 2. The predicted molar refractivity (Wildman–Crippen MR) is 89.3 cm³/mol. The summed E-state index contributed by atoms with van der Waals surface area (Å²) in [5.41, 5.74) is 2.21. The zero-order valence-corrected chi connectivity index (χ0v) is 13.5. The summed E-state index contributed by atoms with van der Waals surface area (Å²) in [5, 5.41) is 5.92. The largest absolute Gasteiger partial charge is 0.497 e. The van der Waals surface area contributed by atoms with Crippen molar-refractivity contribution in [3.63, 3.8) is 0 Å². The fraction of sp³-hybridized carbons (Fsp3) is 0.222. The molecule has 124 valence electrons. The number of H-pyrrole nitrogens is 1. The molecule has 3 aromatic rings. The predicted octanol–water partition coefficient (Wildman–Crippen LogP) is 1.59. The molecule has 1 heterocycles. The molecule has 0 aliphatic heterocycles. The van der Waals surface area contributed by atoms with E-state index >= 15 is 0 Å². The topological polar surface area (TPSA) is 71.1 Å². The quantitative estimate of drug-likeness (QED) is 0.511. The normalized spacial score (nSPS) is 10.7. The van der Waals surface area contributed by atoms with Gasteiger partial charge in [-0.1, -0.05) is 30.3 Å². The number of nitrogens with zero attached hydrogens (tertiary/aromatic N) is 1. The molecule has 0 unspecified atom stereocenters. The van der Waals surface area contributed by atoms with Gasteiger partial charge in [0.25, 0.3) is 0 Å². The SMILES string of the molecule is COc1ccc(-[n+]2[nH]oc(=O)c2CNCCc2ccccc2)cc1. The average molecular weight is 326 g/mol. The van der Waals surface area contributed by atoms with Crippen LogP contribution >= 0.6 is 0 Å². The second-order valence-corrected chi connectivity index (χ2v) is 5.37.